The van der Waals surface area contributed by atoms with Crippen LogP contribution in [0.4, 0.5) is 0 Å². The van der Waals surface area contributed by atoms with Crippen LogP contribution in [0.5, 0.6) is 0 Å². The van der Waals surface area contributed by atoms with Crippen molar-refractivity contribution < 1.29 is 10.2 Å². The maximum atomic E-state index is 10.1. The molecule has 0 aliphatic carbocycles. The van der Waals surface area contributed by atoms with E-state index >= 15 is 0 Å². The molecular formula is C18H40N2O2. The van der Waals surface area contributed by atoms with Crippen LogP contribution in [0.1, 0.15) is 79.1 Å². The van der Waals surface area contributed by atoms with Gasteiger partial charge in [-0.25, -0.2) is 0 Å². The van der Waals surface area contributed by atoms with Gasteiger partial charge in [-0.15, -0.1) is 0 Å². The lowest BCUT2D eigenvalue weighted by atomic mass is 10.1. The quantitative estimate of drug-likeness (QED) is 0.351. The molecule has 0 saturated heterocycles. The zero-order valence-electron chi connectivity index (χ0n) is 15.3. The Balaban J connectivity index is 3.93. The van der Waals surface area contributed by atoms with E-state index in [4.69, 9.17) is 0 Å². The molecule has 0 aromatic heterocycles. The highest BCUT2D eigenvalue weighted by atomic mass is 16.3. The summed E-state index contributed by atoms with van der Waals surface area (Å²) in [6.45, 7) is 9.88. The van der Waals surface area contributed by atoms with Gasteiger partial charge in [-0.2, -0.15) is 0 Å². The summed E-state index contributed by atoms with van der Waals surface area (Å²) < 4.78 is 0. The lowest BCUT2D eigenvalue weighted by Gasteiger charge is -2.27. The SMILES string of the molecule is CCCCCCCCNC(CNC(C)C(O)CC)C(O)CC. The summed E-state index contributed by atoms with van der Waals surface area (Å²) in [4.78, 5) is 0. The van der Waals surface area contributed by atoms with Crippen LogP contribution in [0.3, 0.4) is 0 Å². The van der Waals surface area contributed by atoms with E-state index in [1.807, 2.05) is 20.8 Å². The minimum absolute atomic E-state index is 0.0622. The highest BCUT2D eigenvalue weighted by Gasteiger charge is 2.19. The molecule has 0 aliphatic rings. The van der Waals surface area contributed by atoms with Gasteiger partial charge in [0.25, 0.3) is 0 Å². The molecule has 0 aromatic carbocycles. The molecule has 4 atom stereocenters. The Morgan fingerprint density at radius 3 is 1.95 bits per heavy atom. The molecule has 134 valence electrons. The van der Waals surface area contributed by atoms with Crippen molar-refractivity contribution in [2.45, 2.75) is 103 Å². The van der Waals surface area contributed by atoms with Crippen molar-refractivity contribution in [1.82, 2.24) is 10.6 Å². The number of nitrogens with one attached hydrogen (secondary N) is 2. The monoisotopic (exact) mass is 316 g/mol. The van der Waals surface area contributed by atoms with Crippen molar-refractivity contribution in [3.63, 3.8) is 0 Å². The van der Waals surface area contributed by atoms with E-state index in [-0.39, 0.29) is 24.3 Å². The zero-order valence-corrected chi connectivity index (χ0v) is 15.3. The Bertz CT molecular complexity index is 239. The Hall–Kier alpha value is -0.160. The van der Waals surface area contributed by atoms with Crippen molar-refractivity contribution >= 4 is 0 Å². The maximum Gasteiger partial charge on any atom is 0.0703 e. The number of hydrogen-bond donors (Lipinski definition) is 4. The van der Waals surface area contributed by atoms with Crippen molar-refractivity contribution in [2.24, 2.45) is 0 Å². The van der Waals surface area contributed by atoms with E-state index < -0.39 is 0 Å². The Morgan fingerprint density at radius 1 is 0.773 bits per heavy atom. The highest BCUT2D eigenvalue weighted by molar-refractivity contribution is 4.80. The highest BCUT2D eigenvalue weighted by Crippen LogP contribution is 2.05. The van der Waals surface area contributed by atoms with Gasteiger partial charge in [0.2, 0.25) is 0 Å². The van der Waals surface area contributed by atoms with Gasteiger partial charge >= 0.3 is 0 Å². The molecule has 0 amide bonds. The van der Waals surface area contributed by atoms with E-state index in [9.17, 15) is 10.2 Å². The molecule has 4 unspecified atom stereocenters. The first-order chi connectivity index (χ1) is 10.6. The van der Waals surface area contributed by atoms with Crippen molar-refractivity contribution in [3.8, 4) is 0 Å². The number of hydrogen-bond acceptors (Lipinski definition) is 4. The second kappa shape index (κ2) is 14.4. The van der Waals surface area contributed by atoms with E-state index in [1.54, 1.807) is 0 Å². The van der Waals surface area contributed by atoms with Crippen molar-refractivity contribution in [2.75, 3.05) is 13.1 Å². The number of aliphatic hydroxyl groups excluding tert-OH is 2. The van der Waals surface area contributed by atoms with Gasteiger partial charge in [0, 0.05) is 18.6 Å². The molecule has 0 rings (SSSR count). The minimum atomic E-state index is -0.335. The van der Waals surface area contributed by atoms with Gasteiger partial charge < -0.3 is 20.8 Å². The van der Waals surface area contributed by atoms with Gasteiger partial charge in [0.05, 0.1) is 12.2 Å². The molecule has 4 heteroatoms. The van der Waals surface area contributed by atoms with E-state index in [0.29, 0.717) is 6.54 Å². The molecule has 0 fully saturated rings. The molecule has 0 aliphatic heterocycles. The van der Waals surface area contributed by atoms with Crippen LogP contribution in [0.15, 0.2) is 0 Å². The molecule has 22 heavy (non-hydrogen) atoms. The summed E-state index contributed by atoms with van der Waals surface area (Å²) >= 11 is 0. The standard InChI is InChI=1S/C18H40N2O2/c1-5-8-9-10-11-12-13-19-16(18(22)7-3)14-20-15(4)17(21)6-2/h15-22H,5-14H2,1-4H3. The fourth-order valence-corrected chi connectivity index (χ4v) is 2.62. The zero-order chi connectivity index (χ0) is 16.8. The predicted octanol–water partition coefficient (Wildman–Crippen LogP) is 2.83. The van der Waals surface area contributed by atoms with Crippen LogP contribution >= 0.6 is 0 Å². The summed E-state index contributed by atoms with van der Waals surface area (Å²) in [6.07, 6.45) is 8.56. The average Bonchev–Trinajstić information content (AvgIpc) is 2.54. The Morgan fingerprint density at radius 2 is 1.36 bits per heavy atom. The number of aliphatic hydroxyl groups is 2. The summed E-state index contributed by atoms with van der Waals surface area (Å²) in [5.41, 5.74) is 0. The third-order valence-electron chi connectivity index (χ3n) is 4.47. The Kier molecular flexibility index (Phi) is 14.3. The normalized spacial score (nSPS) is 17.2. The lowest BCUT2D eigenvalue weighted by molar-refractivity contribution is 0.103. The first kappa shape index (κ1) is 21.8. The van der Waals surface area contributed by atoms with Crippen LogP contribution in [-0.2, 0) is 0 Å². The molecule has 0 aromatic rings. The van der Waals surface area contributed by atoms with Crippen LogP contribution in [-0.4, -0.2) is 47.6 Å². The summed E-state index contributed by atoms with van der Waals surface area (Å²) in [5.74, 6) is 0. The maximum absolute atomic E-state index is 10.1. The second-order valence-corrected chi connectivity index (χ2v) is 6.48. The van der Waals surface area contributed by atoms with Gasteiger partial charge in [-0.05, 0) is 32.7 Å². The number of unbranched alkanes of at least 4 members (excludes halogenated alkanes) is 5. The largest absolute Gasteiger partial charge is 0.392 e. The summed E-state index contributed by atoms with van der Waals surface area (Å²) in [6, 6.07) is 0.125. The van der Waals surface area contributed by atoms with Crippen molar-refractivity contribution in [1.29, 1.82) is 0 Å². The number of rotatable bonds is 15. The smallest absolute Gasteiger partial charge is 0.0703 e. The fraction of sp³-hybridized carbons (Fsp3) is 1.00. The van der Waals surface area contributed by atoms with Gasteiger partial charge in [-0.3, -0.25) is 0 Å². The van der Waals surface area contributed by atoms with Gasteiger partial charge in [-0.1, -0.05) is 52.9 Å². The molecule has 0 saturated carbocycles. The van der Waals surface area contributed by atoms with E-state index in [1.165, 1.54) is 38.5 Å². The topological polar surface area (TPSA) is 64.5 Å². The van der Waals surface area contributed by atoms with Crippen LogP contribution in [0, 0.1) is 0 Å². The van der Waals surface area contributed by atoms with Gasteiger partial charge in [0.1, 0.15) is 0 Å². The Labute approximate surface area is 138 Å². The molecule has 4 nitrogen and oxygen atoms in total. The lowest BCUT2D eigenvalue weighted by Crippen LogP contribution is -2.50. The first-order valence-electron chi connectivity index (χ1n) is 9.39. The third-order valence-corrected chi connectivity index (χ3v) is 4.47. The average molecular weight is 317 g/mol. The minimum Gasteiger partial charge on any atom is -0.392 e. The molecular weight excluding hydrogens is 276 g/mol. The third kappa shape index (κ3) is 10.5. The van der Waals surface area contributed by atoms with Crippen LogP contribution in [0.25, 0.3) is 0 Å². The van der Waals surface area contributed by atoms with Crippen molar-refractivity contribution in [3.05, 3.63) is 0 Å². The molecule has 0 bridgehead atoms. The van der Waals surface area contributed by atoms with Gasteiger partial charge in [0.15, 0.2) is 0 Å². The first-order valence-corrected chi connectivity index (χ1v) is 9.39. The van der Waals surface area contributed by atoms with Crippen LogP contribution in [0.2, 0.25) is 0 Å². The molecule has 0 heterocycles. The molecule has 4 N–H and O–H groups in total. The van der Waals surface area contributed by atoms with Crippen LogP contribution < -0.4 is 10.6 Å². The van der Waals surface area contributed by atoms with E-state index in [2.05, 4.69) is 17.6 Å². The predicted molar refractivity (Wildman–Crippen MR) is 95.2 cm³/mol. The molecule has 0 radical (unpaired) electrons. The summed E-state index contributed by atoms with van der Waals surface area (Å²) in [7, 11) is 0. The second-order valence-electron chi connectivity index (χ2n) is 6.48. The fourth-order valence-electron chi connectivity index (χ4n) is 2.62. The molecule has 0 spiro atoms. The van der Waals surface area contributed by atoms with E-state index in [0.717, 1.165) is 19.4 Å². The summed E-state index contributed by atoms with van der Waals surface area (Å²) in [5, 5.41) is 26.8.